The number of anilines is 1. The normalized spacial score (nSPS) is 28.4. The van der Waals surface area contributed by atoms with Gasteiger partial charge in [0.25, 0.3) is 5.91 Å². The van der Waals surface area contributed by atoms with Crippen LogP contribution in [0.5, 0.6) is 0 Å². The summed E-state index contributed by atoms with van der Waals surface area (Å²) in [6, 6.07) is 4.34. The Morgan fingerprint density at radius 2 is 2.13 bits per heavy atom. The van der Waals surface area contributed by atoms with E-state index in [0.717, 1.165) is 6.07 Å². The molecule has 5 nitrogen and oxygen atoms in total. The van der Waals surface area contributed by atoms with Gasteiger partial charge in [0.1, 0.15) is 0 Å². The van der Waals surface area contributed by atoms with Crippen LogP contribution >= 0.6 is 0 Å². The van der Waals surface area contributed by atoms with Crippen molar-refractivity contribution in [3.05, 3.63) is 29.3 Å². The first-order valence-electron chi connectivity index (χ1n) is 7.16. The van der Waals surface area contributed by atoms with Crippen molar-refractivity contribution >= 4 is 17.9 Å². The average molecular weight is 320 g/mol. The first kappa shape index (κ1) is 14.1. The van der Waals surface area contributed by atoms with E-state index in [4.69, 9.17) is 0 Å². The molecule has 1 fully saturated rings. The Morgan fingerprint density at radius 3 is 2.74 bits per heavy atom. The maximum atomic E-state index is 13.3. The smallest absolute Gasteiger partial charge is 0.333 e. The second kappa shape index (κ2) is 4.47. The van der Waals surface area contributed by atoms with E-state index in [1.54, 1.807) is 4.90 Å². The number of hydrogen-bond acceptors (Lipinski definition) is 4. The minimum absolute atomic E-state index is 0.172. The zero-order chi connectivity index (χ0) is 16.4. The summed E-state index contributed by atoms with van der Waals surface area (Å²) in [5, 5.41) is 9.25. The minimum Gasteiger partial charge on any atom is -0.333 e. The van der Waals surface area contributed by atoms with Gasteiger partial charge >= 0.3 is 6.18 Å². The highest BCUT2D eigenvalue weighted by atomic mass is 19.4. The van der Waals surface area contributed by atoms with E-state index in [-0.39, 0.29) is 17.3 Å². The van der Waals surface area contributed by atoms with Gasteiger partial charge in [-0.25, -0.2) is 0 Å². The standard InChI is InChI=1S/C15H11F3N4O/c16-15(17,18)8-2-1-3-10-12(8)14(23)21-5-4-11(21)13-9(6-19)20-7-22(10)13/h1-3,7,9,11,13H,4-5H2/t9-,11?,13?/m1/s1. The lowest BCUT2D eigenvalue weighted by Gasteiger charge is -2.44. The molecule has 3 atom stereocenters. The molecule has 3 aliphatic heterocycles. The maximum absolute atomic E-state index is 13.3. The third-order valence-corrected chi connectivity index (χ3v) is 4.69. The van der Waals surface area contributed by atoms with Gasteiger partial charge in [0, 0.05) is 6.54 Å². The summed E-state index contributed by atoms with van der Waals surface area (Å²) in [5.41, 5.74) is -1.12. The largest absolute Gasteiger partial charge is 0.417 e. The molecule has 0 spiro atoms. The molecule has 1 aromatic carbocycles. The van der Waals surface area contributed by atoms with Gasteiger partial charge in [-0.3, -0.25) is 9.79 Å². The Hall–Kier alpha value is -2.56. The molecule has 1 amide bonds. The number of benzene rings is 1. The SMILES string of the molecule is N#C[C@H]1N=CN2c3cccc(C(F)(F)F)c3C(=O)N3CCC3C12. The van der Waals surface area contributed by atoms with E-state index >= 15 is 0 Å². The number of nitrogens with zero attached hydrogens (tertiary/aromatic N) is 4. The number of alkyl halides is 3. The van der Waals surface area contributed by atoms with Gasteiger partial charge in [-0.05, 0) is 18.6 Å². The molecular formula is C15H11F3N4O. The fourth-order valence-corrected chi connectivity index (χ4v) is 3.56. The topological polar surface area (TPSA) is 59.7 Å². The monoisotopic (exact) mass is 320 g/mol. The first-order valence-corrected chi connectivity index (χ1v) is 7.16. The number of nitriles is 1. The van der Waals surface area contributed by atoms with Gasteiger partial charge in [-0.1, -0.05) is 6.07 Å². The van der Waals surface area contributed by atoms with Crippen molar-refractivity contribution in [2.24, 2.45) is 4.99 Å². The van der Waals surface area contributed by atoms with Crippen molar-refractivity contribution < 1.29 is 18.0 Å². The Balaban J connectivity index is 1.95. The third-order valence-electron chi connectivity index (χ3n) is 4.69. The number of amides is 1. The Bertz CT molecular complexity index is 767. The molecule has 23 heavy (non-hydrogen) atoms. The maximum Gasteiger partial charge on any atom is 0.417 e. The lowest BCUT2D eigenvalue weighted by Crippen LogP contribution is -2.60. The van der Waals surface area contributed by atoms with Crippen LogP contribution in [0.25, 0.3) is 0 Å². The molecule has 118 valence electrons. The third kappa shape index (κ3) is 1.79. The number of halogens is 3. The summed E-state index contributed by atoms with van der Waals surface area (Å²) in [7, 11) is 0. The predicted octanol–water partition coefficient (Wildman–Crippen LogP) is 2.04. The van der Waals surface area contributed by atoms with Crippen LogP contribution in [-0.2, 0) is 6.18 Å². The van der Waals surface area contributed by atoms with Gasteiger partial charge in [0.05, 0.1) is 41.3 Å². The molecule has 8 heteroatoms. The predicted molar refractivity (Wildman–Crippen MR) is 75.0 cm³/mol. The van der Waals surface area contributed by atoms with Crippen LogP contribution in [0.3, 0.4) is 0 Å². The molecular weight excluding hydrogens is 309 g/mol. The first-order chi connectivity index (χ1) is 10.9. The van der Waals surface area contributed by atoms with Crippen molar-refractivity contribution in [2.75, 3.05) is 11.4 Å². The van der Waals surface area contributed by atoms with Crippen molar-refractivity contribution in [2.45, 2.75) is 30.7 Å². The number of aliphatic imine (C=N–C) groups is 1. The van der Waals surface area contributed by atoms with Crippen molar-refractivity contribution in [1.82, 2.24) is 4.90 Å². The van der Waals surface area contributed by atoms with E-state index in [1.165, 1.54) is 23.4 Å². The molecule has 3 aliphatic rings. The minimum atomic E-state index is -4.62. The summed E-state index contributed by atoms with van der Waals surface area (Å²) in [4.78, 5) is 19.7. The number of carbonyl (C=O) groups is 1. The van der Waals surface area contributed by atoms with Crippen LogP contribution in [0.2, 0.25) is 0 Å². The van der Waals surface area contributed by atoms with Crippen LogP contribution < -0.4 is 4.90 Å². The van der Waals surface area contributed by atoms with Crippen molar-refractivity contribution in [1.29, 1.82) is 5.26 Å². The number of rotatable bonds is 0. The summed E-state index contributed by atoms with van der Waals surface area (Å²) in [6.07, 6.45) is -2.58. The molecule has 0 radical (unpaired) electrons. The van der Waals surface area contributed by atoms with Gasteiger partial charge < -0.3 is 9.80 Å². The molecule has 0 saturated carbocycles. The lowest BCUT2D eigenvalue weighted by atomic mass is 9.91. The molecule has 0 aliphatic carbocycles. The number of hydrogen-bond donors (Lipinski definition) is 0. The fourth-order valence-electron chi connectivity index (χ4n) is 3.56. The average Bonchev–Trinajstić information content (AvgIpc) is 2.85. The molecule has 1 saturated heterocycles. The van der Waals surface area contributed by atoms with Crippen LogP contribution in [0.1, 0.15) is 22.3 Å². The Labute approximate surface area is 129 Å². The van der Waals surface area contributed by atoms with Crippen LogP contribution in [0.4, 0.5) is 18.9 Å². The molecule has 1 aromatic rings. The molecule has 0 N–H and O–H groups in total. The highest BCUT2D eigenvalue weighted by Crippen LogP contribution is 2.43. The van der Waals surface area contributed by atoms with E-state index < -0.39 is 29.7 Å². The molecule has 2 unspecified atom stereocenters. The Morgan fingerprint density at radius 1 is 1.35 bits per heavy atom. The molecule has 0 bridgehead atoms. The second-order valence-electron chi connectivity index (χ2n) is 5.79. The van der Waals surface area contributed by atoms with Crippen molar-refractivity contribution in [3.8, 4) is 6.07 Å². The van der Waals surface area contributed by atoms with Gasteiger partial charge in [0.2, 0.25) is 0 Å². The summed E-state index contributed by atoms with van der Waals surface area (Å²) in [5.74, 6) is -0.622. The molecule has 0 aromatic heterocycles. The zero-order valence-corrected chi connectivity index (χ0v) is 11.8. The highest BCUT2D eigenvalue weighted by molar-refractivity contribution is 6.06. The van der Waals surface area contributed by atoms with Gasteiger partial charge in [-0.15, -0.1) is 0 Å². The molecule has 4 rings (SSSR count). The summed E-state index contributed by atoms with van der Waals surface area (Å²) in [6.45, 7) is 0.400. The van der Waals surface area contributed by atoms with E-state index in [2.05, 4.69) is 11.1 Å². The Kier molecular flexibility index (Phi) is 2.73. The number of carbonyl (C=O) groups excluding carboxylic acids is 1. The zero-order valence-electron chi connectivity index (χ0n) is 11.8. The highest BCUT2D eigenvalue weighted by Gasteiger charge is 2.52. The van der Waals surface area contributed by atoms with E-state index in [9.17, 15) is 23.2 Å². The fraction of sp³-hybridized carbons (Fsp3) is 0.400. The van der Waals surface area contributed by atoms with Crippen molar-refractivity contribution in [3.63, 3.8) is 0 Å². The van der Waals surface area contributed by atoms with Gasteiger partial charge in [-0.2, -0.15) is 18.4 Å². The van der Waals surface area contributed by atoms with Crippen LogP contribution in [-0.4, -0.2) is 41.8 Å². The van der Waals surface area contributed by atoms with E-state index in [1.807, 2.05) is 0 Å². The molecule has 3 heterocycles. The lowest BCUT2D eigenvalue weighted by molar-refractivity contribution is -0.138. The van der Waals surface area contributed by atoms with Gasteiger partial charge in [0.15, 0.2) is 6.04 Å². The van der Waals surface area contributed by atoms with Crippen LogP contribution in [0.15, 0.2) is 23.2 Å². The van der Waals surface area contributed by atoms with E-state index in [0.29, 0.717) is 13.0 Å². The summed E-state index contributed by atoms with van der Waals surface area (Å²) >= 11 is 0. The van der Waals surface area contributed by atoms with Crippen LogP contribution in [0, 0.1) is 11.3 Å². The number of fused-ring (bicyclic) bond motifs is 5. The second-order valence-corrected chi connectivity index (χ2v) is 5.79. The summed E-state index contributed by atoms with van der Waals surface area (Å²) < 4.78 is 40.0. The quantitative estimate of drug-likeness (QED) is 0.735.